The largest absolute Gasteiger partial charge is 0.350 e. The second kappa shape index (κ2) is 5.04. The number of hydrogen-bond donors (Lipinski definition) is 1. The van der Waals surface area contributed by atoms with Crippen molar-refractivity contribution in [2.45, 2.75) is 6.42 Å². The predicted molar refractivity (Wildman–Crippen MR) is 67.7 cm³/mol. The van der Waals surface area contributed by atoms with Crippen LogP contribution in [0.3, 0.4) is 0 Å². The Bertz CT molecular complexity index is 448. The third-order valence-electron chi connectivity index (χ3n) is 2.63. The van der Waals surface area contributed by atoms with Crippen LogP contribution in [0.5, 0.6) is 0 Å². The molecule has 82 valence electrons. The van der Waals surface area contributed by atoms with Crippen molar-refractivity contribution in [1.29, 1.82) is 5.26 Å². The average Bonchev–Trinajstić information content (AvgIpc) is 2.72. The van der Waals surface area contributed by atoms with E-state index in [0.717, 1.165) is 36.8 Å². The second-order valence-electron chi connectivity index (χ2n) is 3.73. The Kier molecular flexibility index (Phi) is 3.47. The first-order valence-electron chi connectivity index (χ1n) is 5.27. The minimum atomic E-state index is 0.721. The van der Waals surface area contributed by atoms with Gasteiger partial charge in [0.25, 0.3) is 0 Å². The molecule has 0 spiro atoms. The molecule has 0 bridgehead atoms. The lowest BCUT2D eigenvalue weighted by Gasteiger charge is -2.16. The smallest absolute Gasteiger partial charge is 0.156 e. The first kappa shape index (κ1) is 11.0. The van der Waals surface area contributed by atoms with Crippen LogP contribution in [0.25, 0.3) is 0 Å². The Morgan fingerprint density at radius 2 is 2.38 bits per heavy atom. The van der Waals surface area contributed by atoms with Crippen LogP contribution in [0.4, 0.5) is 0 Å². The molecule has 0 aromatic heterocycles. The zero-order valence-electron chi connectivity index (χ0n) is 8.93. The fraction of sp³-hybridized carbons (Fsp3) is 0.333. The van der Waals surface area contributed by atoms with Gasteiger partial charge in [0.2, 0.25) is 0 Å². The monoisotopic (exact) mass is 231 g/mol. The molecule has 1 aliphatic rings. The highest BCUT2D eigenvalue weighted by molar-refractivity contribution is 7.96. The zero-order chi connectivity index (χ0) is 11.4. The third kappa shape index (κ3) is 2.56. The van der Waals surface area contributed by atoms with Crippen LogP contribution in [-0.2, 0) is 6.42 Å². The van der Waals surface area contributed by atoms with E-state index < -0.39 is 0 Å². The fourth-order valence-corrected chi connectivity index (χ4v) is 2.04. The molecule has 2 rings (SSSR count). The fourth-order valence-electron chi connectivity index (χ4n) is 1.74. The number of rotatable bonds is 3. The van der Waals surface area contributed by atoms with E-state index in [9.17, 15) is 0 Å². The Balaban J connectivity index is 1.95. The standard InChI is InChI=1S/C12H13N3S/c13-9-11-3-1-2-10(8-11)4-6-15-7-5-14-12(15)16/h1-3,8H,4-7H2,(H,14,16). The summed E-state index contributed by atoms with van der Waals surface area (Å²) in [5.74, 6) is 0. The van der Waals surface area contributed by atoms with Crippen LogP contribution in [0.2, 0.25) is 0 Å². The lowest BCUT2D eigenvalue weighted by atomic mass is 10.1. The maximum absolute atomic E-state index is 8.79. The van der Waals surface area contributed by atoms with Crippen molar-refractivity contribution in [3.63, 3.8) is 0 Å². The molecule has 0 fully saturated rings. The molecule has 0 atom stereocenters. The van der Waals surface area contributed by atoms with E-state index in [4.69, 9.17) is 5.26 Å². The van der Waals surface area contributed by atoms with E-state index in [1.807, 2.05) is 24.3 Å². The van der Waals surface area contributed by atoms with Gasteiger partial charge in [-0.2, -0.15) is 5.26 Å². The minimum Gasteiger partial charge on any atom is -0.350 e. The summed E-state index contributed by atoms with van der Waals surface area (Å²) in [4.78, 5) is 6.37. The van der Waals surface area contributed by atoms with Gasteiger partial charge in [-0.1, -0.05) is 12.1 Å². The predicted octanol–water partition coefficient (Wildman–Crippen LogP) is 1.70. The van der Waals surface area contributed by atoms with E-state index in [2.05, 4.69) is 28.6 Å². The Morgan fingerprint density at radius 1 is 1.50 bits per heavy atom. The summed E-state index contributed by atoms with van der Waals surface area (Å²) in [6.07, 6.45) is 0.926. The Morgan fingerprint density at radius 3 is 3.06 bits per heavy atom. The summed E-state index contributed by atoms with van der Waals surface area (Å²) in [7, 11) is 0. The molecule has 0 N–H and O–H groups in total. The molecule has 16 heavy (non-hydrogen) atoms. The van der Waals surface area contributed by atoms with E-state index in [1.165, 1.54) is 5.56 Å². The number of aliphatic imine (C=N–C) groups is 1. The number of thiol groups is 1. The summed E-state index contributed by atoms with van der Waals surface area (Å²) in [5, 5.41) is 9.62. The van der Waals surface area contributed by atoms with Crippen molar-refractivity contribution in [2.75, 3.05) is 19.6 Å². The first-order valence-corrected chi connectivity index (χ1v) is 5.72. The summed E-state index contributed by atoms with van der Waals surface area (Å²) >= 11 is 4.30. The number of amidine groups is 1. The lowest BCUT2D eigenvalue weighted by molar-refractivity contribution is 0.468. The van der Waals surface area contributed by atoms with Crippen LogP contribution in [-0.4, -0.2) is 29.7 Å². The molecule has 1 heterocycles. The van der Waals surface area contributed by atoms with Crippen molar-refractivity contribution in [2.24, 2.45) is 4.99 Å². The van der Waals surface area contributed by atoms with Crippen molar-refractivity contribution in [3.8, 4) is 6.07 Å². The number of hydrogen-bond acceptors (Lipinski definition) is 3. The van der Waals surface area contributed by atoms with Gasteiger partial charge in [-0.05, 0) is 24.1 Å². The lowest BCUT2D eigenvalue weighted by Crippen LogP contribution is -2.26. The highest BCUT2D eigenvalue weighted by atomic mass is 32.1. The molecule has 0 aliphatic carbocycles. The van der Waals surface area contributed by atoms with Crippen molar-refractivity contribution in [3.05, 3.63) is 35.4 Å². The zero-order valence-corrected chi connectivity index (χ0v) is 9.82. The van der Waals surface area contributed by atoms with Gasteiger partial charge < -0.3 is 4.90 Å². The highest BCUT2D eigenvalue weighted by Crippen LogP contribution is 2.09. The van der Waals surface area contributed by atoms with Crippen molar-refractivity contribution >= 4 is 17.8 Å². The average molecular weight is 231 g/mol. The molecule has 4 heteroatoms. The highest BCUT2D eigenvalue weighted by Gasteiger charge is 2.12. The van der Waals surface area contributed by atoms with E-state index in [-0.39, 0.29) is 0 Å². The summed E-state index contributed by atoms with van der Waals surface area (Å²) in [5.41, 5.74) is 1.91. The van der Waals surface area contributed by atoms with Gasteiger partial charge in [-0.3, -0.25) is 4.99 Å². The van der Waals surface area contributed by atoms with Crippen molar-refractivity contribution < 1.29 is 0 Å². The topological polar surface area (TPSA) is 39.4 Å². The molecule has 0 radical (unpaired) electrons. The molecule has 0 unspecified atom stereocenters. The maximum Gasteiger partial charge on any atom is 0.156 e. The van der Waals surface area contributed by atoms with Gasteiger partial charge >= 0.3 is 0 Å². The first-order chi connectivity index (χ1) is 7.79. The summed E-state index contributed by atoms with van der Waals surface area (Å²) < 4.78 is 0. The maximum atomic E-state index is 8.79. The third-order valence-corrected chi connectivity index (χ3v) is 3.06. The molecule has 1 aliphatic heterocycles. The van der Waals surface area contributed by atoms with Crippen LogP contribution in [0.1, 0.15) is 11.1 Å². The molecule has 1 aromatic rings. The van der Waals surface area contributed by atoms with Gasteiger partial charge in [0.05, 0.1) is 18.2 Å². The van der Waals surface area contributed by atoms with Crippen molar-refractivity contribution in [1.82, 2.24) is 4.90 Å². The van der Waals surface area contributed by atoms with Gasteiger partial charge in [0.1, 0.15) is 0 Å². The van der Waals surface area contributed by atoms with E-state index in [1.54, 1.807) is 0 Å². The number of benzene rings is 1. The SMILES string of the molecule is N#Cc1cccc(CCN2CCN=C2S)c1. The van der Waals surface area contributed by atoms with Gasteiger partial charge in [0.15, 0.2) is 5.17 Å². The van der Waals surface area contributed by atoms with E-state index in [0.29, 0.717) is 0 Å². The number of nitrogens with zero attached hydrogens (tertiary/aromatic N) is 3. The molecule has 0 saturated carbocycles. The molecule has 3 nitrogen and oxygen atoms in total. The van der Waals surface area contributed by atoms with Gasteiger partial charge in [-0.25, -0.2) is 0 Å². The summed E-state index contributed by atoms with van der Waals surface area (Å²) in [6, 6.07) is 9.88. The minimum absolute atomic E-state index is 0.721. The van der Waals surface area contributed by atoms with Gasteiger partial charge in [0, 0.05) is 13.1 Å². The van der Waals surface area contributed by atoms with Crippen LogP contribution >= 0.6 is 12.6 Å². The second-order valence-corrected chi connectivity index (χ2v) is 4.13. The molecule has 0 saturated heterocycles. The van der Waals surface area contributed by atoms with Crippen LogP contribution in [0, 0.1) is 11.3 Å². The molecule has 1 aromatic carbocycles. The molecule has 0 amide bonds. The quantitative estimate of drug-likeness (QED) is 0.804. The summed E-state index contributed by atoms with van der Waals surface area (Å²) in [6.45, 7) is 2.71. The Hall–Kier alpha value is -1.47. The normalized spacial score (nSPS) is 14.8. The Labute approximate surface area is 101 Å². The molecular weight excluding hydrogens is 218 g/mol. The number of nitriles is 1. The van der Waals surface area contributed by atoms with Gasteiger partial charge in [-0.15, -0.1) is 12.6 Å². The van der Waals surface area contributed by atoms with Crippen LogP contribution < -0.4 is 0 Å². The van der Waals surface area contributed by atoms with E-state index >= 15 is 0 Å². The molecular formula is C12H13N3S. The van der Waals surface area contributed by atoms with Crippen LogP contribution in [0.15, 0.2) is 29.3 Å².